The molecule has 24 heavy (non-hydrogen) atoms. The third-order valence-corrected chi connectivity index (χ3v) is 4.24. The van der Waals surface area contributed by atoms with E-state index in [1.165, 1.54) is 0 Å². The Morgan fingerprint density at radius 3 is 2.62 bits per heavy atom. The lowest BCUT2D eigenvalue weighted by atomic mass is 10.1. The van der Waals surface area contributed by atoms with Crippen LogP contribution in [0.3, 0.4) is 0 Å². The predicted octanol–water partition coefficient (Wildman–Crippen LogP) is 1.09. The van der Waals surface area contributed by atoms with Gasteiger partial charge in [0.25, 0.3) is 0 Å². The first kappa shape index (κ1) is 19.2. The van der Waals surface area contributed by atoms with Gasteiger partial charge >= 0.3 is 0 Å². The summed E-state index contributed by atoms with van der Waals surface area (Å²) in [6.45, 7) is 3.13. The minimum Gasteiger partial charge on any atom is -0.383 e. The van der Waals surface area contributed by atoms with Crippen LogP contribution in [0.5, 0.6) is 0 Å². The van der Waals surface area contributed by atoms with Gasteiger partial charge in [-0.2, -0.15) is 0 Å². The average Bonchev–Trinajstić information content (AvgIpc) is 2.89. The number of nitrogens with zero attached hydrogens (tertiary/aromatic N) is 2. The molecule has 2 heterocycles. The molecule has 136 valence electrons. The van der Waals surface area contributed by atoms with Crippen molar-refractivity contribution in [3.63, 3.8) is 0 Å². The lowest BCUT2D eigenvalue weighted by molar-refractivity contribution is -0.0844. The van der Waals surface area contributed by atoms with Crippen LogP contribution < -0.4 is 5.73 Å². The zero-order valence-electron chi connectivity index (χ0n) is 14.4. The fraction of sp³-hybridized carbons (Fsp3) is 0.733. The molecule has 8 nitrogen and oxygen atoms in total. The molecule has 0 bridgehead atoms. The summed E-state index contributed by atoms with van der Waals surface area (Å²) in [5, 5.41) is 0. The molecule has 1 aromatic rings. The number of rotatable bonds is 8. The van der Waals surface area contributed by atoms with Crippen LogP contribution in [0.2, 0.25) is 0 Å². The van der Waals surface area contributed by atoms with Crippen molar-refractivity contribution in [2.45, 2.75) is 31.5 Å². The van der Waals surface area contributed by atoms with Gasteiger partial charge in [-0.1, -0.05) is 0 Å². The molecule has 1 fully saturated rings. The fourth-order valence-electron chi connectivity index (χ4n) is 2.72. The molecule has 1 aliphatic heterocycles. The number of ether oxygens (including phenoxy) is 5. The van der Waals surface area contributed by atoms with E-state index in [1.54, 1.807) is 25.9 Å². The summed E-state index contributed by atoms with van der Waals surface area (Å²) in [4.78, 5) is 4.19. The molecule has 0 aliphatic carbocycles. The van der Waals surface area contributed by atoms with E-state index in [1.807, 2.05) is 13.1 Å². The molecule has 1 saturated heterocycles. The van der Waals surface area contributed by atoms with Gasteiger partial charge in [-0.15, -0.1) is 0 Å². The first-order valence-corrected chi connectivity index (χ1v) is 8.07. The van der Waals surface area contributed by atoms with E-state index in [9.17, 15) is 0 Å². The summed E-state index contributed by atoms with van der Waals surface area (Å²) in [5.41, 5.74) is 6.64. The summed E-state index contributed by atoms with van der Waals surface area (Å²) in [7, 11) is 4.86. The maximum Gasteiger partial charge on any atom is 0.203 e. The van der Waals surface area contributed by atoms with Gasteiger partial charge in [0.15, 0.2) is 6.23 Å². The van der Waals surface area contributed by atoms with E-state index in [4.69, 9.17) is 41.6 Å². The maximum absolute atomic E-state index is 6.11. The van der Waals surface area contributed by atoms with Crippen molar-refractivity contribution < 1.29 is 23.7 Å². The molecule has 1 aliphatic rings. The second-order valence-corrected chi connectivity index (χ2v) is 5.91. The predicted molar refractivity (Wildman–Crippen MR) is 90.4 cm³/mol. The number of nitrogen functional groups attached to an aromatic ring is 1. The first-order valence-electron chi connectivity index (χ1n) is 7.66. The highest BCUT2D eigenvalue weighted by Crippen LogP contribution is 2.34. The van der Waals surface area contributed by atoms with Crippen molar-refractivity contribution in [3.05, 3.63) is 16.5 Å². The molecule has 0 aromatic carbocycles. The van der Waals surface area contributed by atoms with Gasteiger partial charge in [-0.3, -0.25) is 4.57 Å². The summed E-state index contributed by atoms with van der Waals surface area (Å²) >= 11 is 5.34. The third-order valence-electron chi connectivity index (χ3n) is 3.93. The van der Waals surface area contributed by atoms with Crippen LogP contribution in [0.15, 0.2) is 6.20 Å². The minimum absolute atomic E-state index is 0.280. The lowest BCUT2D eigenvalue weighted by Gasteiger charge is -2.24. The summed E-state index contributed by atoms with van der Waals surface area (Å²) in [6, 6.07) is 0. The van der Waals surface area contributed by atoms with Crippen molar-refractivity contribution in [2.24, 2.45) is 0 Å². The number of anilines is 1. The molecule has 0 saturated carbocycles. The van der Waals surface area contributed by atoms with E-state index in [0.29, 0.717) is 30.4 Å². The average molecular weight is 359 g/mol. The second-order valence-electron chi connectivity index (χ2n) is 5.55. The zero-order valence-corrected chi connectivity index (χ0v) is 15.2. The number of aryl methyl sites for hydroxylation is 1. The smallest absolute Gasteiger partial charge is 0.203 e. The minimum atomic E-state index is -0.480. The van der Waals surface area contributed by atoms with Crippen LogP contribution >= 0.6 is 12.2 Å². The number of hydrogen-bond donors (Lipinski definition) is 1. The van der Waals surface area contributed by atoms with Crippen LogP contribution in [-0.2, 0) is 23.7 Å². The lowest BCUT2D eigenvalue weighted by Crippen LogP contribution is -2.38. The normalized spacial score (nSPS) is 26.8. The van der Waals surface area contributed by atoms with Gasteiger partial charge in [-0.05, 0) is 19.1 Å². The SMILES string of the molecule is COCCOC1C(OC)[C@@H](COC)O[C@H]1n1cc(C)c(N)nc1=S. The Kier molecular flexibility index (Phi) is 7.08. The largest absolute Gasteiger partial charge is 0.383 e. The van der Waals surface area contributed by atoms with Gasteiger partial charge < -0.3 is 29.4 Å². The van der Waals surface area contributed by atoms with Crippen LogP contribution in [0.4, 0.5) is 5.82 Å². The van der Waals surface area contributed by atoms with E-state index >= 15 is 0 Å². The summed E-state index contributed by atoms with van der Waals surface area (Å²) < 4.78 is 30.0. The van der Waals surface area contributed by atoms with E-state index in [-0.39, 0.29) is 18.3 Å². The van der Waals surface area contributed by atoms with Crippen LogP contribution in [0.25, 0.3) is 0 Å². The van der Waals surface area contributed by atoms with Gasteiger partial charge in [0.05, 0.1) is 19.8 Å². The number of methoxy groups -OCH3 is 3. The molecule has 0 spiro atoms. The van der Waals surface area contributed by atoms with Crippen molar-refractivity contribution in [3.8, 4) is 0 Å². The second kappa shape index (κ2) is 8.84. The van der Waals surface area contributed by atoms with Crippen LogP contribution in [0, 0.1) is 11.7 Å². The zero-order chi connectivity index (χ0) is 17.7. The summed E-state index contributed by atoms with van der Waals surface area (Å²) in [5.74, 6) is 0.405. The Labute approximate surface area is 146 Å². The molecule has 1 aromatic heterocycles. The number of aromatic nitrogens is 2. The quantitative estimate of drug-likeness (QED) is 0.545. The monoisotopic (exact) mass is 359 g/mol. The molecule has 2 N–H and O–H groups in total. The Balaban J connectivity index is 2.33. The van der Waals surface area contributed by atoms with E-state index in [2.05, 4.69) is 4.98 Å². The van der Waals surface area contributed by atoms with Crippen LogP contribution in [-0.4, -0.2) is 69.0 Å². The van der Waals surface area contributed by atoms with Gasteiger partial charge in [0.2, 0.25) is 4.77 Å². The highest BCUT2D eigenvalue weighted by atomic mass is 32.1. The molecule has 0 radical (unpaired) electrons. The standard InChI is InChI=1S/C15H25N3O5S/c1-9-7-18(15(24)17-13(9)16)14-12(22-6-5-19-2)11(21-4)10(23-14)8-20-3/h7,10-12,14H,5-6,8H2,1-4H3,(H2,16,17,24)/t10-,11?,12?,14-/m1/s1. The van der Waals surface area contributed by atoms with Crippen molar-refractivity contribution in [2.75, 3.05) is 46.9 Å². The molecule has 2 rings (SSSR count). The van der Waals surface area contributed by atoms with Gasteiger partial charge in [-0.25, -0.2) is 4.98 Å². The molecule has 2 unspecified atom stereocenters. The van der Waals surface area contributed by atoms with Gasteiger partial charge in [0.1, 0.15) is 24.1 Å². The Bertz CT molecular complexity index is 597. The van der Waals surface area contributed by atoms with E-state index in [0.717, 1.165) is 5.56 Å². The third kappa shape index (κ3) is 4.11. The van der Waals surface area contributed by atoms with Crippen molar-refractivity contribution >= 4 is 18.0 Å². The molecular weight excluding hydrogens is 334 g/mol. The Morgan fingerprint density at radius 2 is 2.00 bits per heavy atom. The topological polar surface area (TPSA) is 90.0 Å². The number of hydrogen-bond acceptors (Lipinski definition) is 8. The molecular formula is C15H25N3O5S. The molecule has 4 atom stereocenters. The van der Waals surface area contributed by atoms with E-state index < -0.39 is 6.23 Å². The highest BCUT2D eigenvalue weighted by molar-refractivity contribution is 7.71. The number of nitrogens with two attached hydrogens (primary N) is 1. The van der Waals surface area contributed by atoms with Crippen molar-refractivity contribution in [1.82, 2.24) is 9.55 Å². The maximum atomic E-state index is 6.11. The Hall–Kier alpha value is -1.10. The highest BCUT2D eigenvalue weighted by Gasteiger charge is 2.47. The molecule has 0 amide bonds. The van der Waals surface area contributed by atoms with Crippen molar-refractivity contribution in [1.29, 1.82) is 0 Å². The van der Waals surface area contributed by atoms with Crippen LogP contribution in [0.1, 0.15) is 11.8 Å². The Morgan fingerprint density at radius 1 is 1.25 bits per heavy atom. The van der Waals surface area contributed by atoms with Gasteiger partial charge in [0, 0.05) is 33.1 Å². The first-order chi connectivity index (χ1) is 11.5. The molecule has 9 heteroatoms. The fourth-order valence-corrected chi connectivity index (χ4v) is 2.98. The summed E-state index contributed by atoms with van der Waals surface area (Å²) in [6.07, 6.45) is 0.390.